The first kappa shape index (κ1) is 31.3. The van der Waals surface area contributed by atoms with Crippen molar-refractivity contribution >= 4 is 35.0 Å². The Morgan fingerprint density at radius 2 is 1.83 bits per heavy atom. The van der Waals surface area contributed by atoms with Gasteiger partial charge in [0.05, 0.1) is 30.1 Å². The van der Waals surface area contributed by atoms with Gasteiger partial charge in [0.1, 0.15) is 11.6 Å². The van der Waals surface area contributed by atoms with Crippen LogP contribution < -0.4 is 4.90 Å². The van der Waals surface area contributed by atoms with Crippen molar-refractivity contribution in [3.05, 3.63) is 54.6 Å². The largest absolute Gasteiger partial charge is 0.394 e. The van der Waals surface area contributed by atoms with Gasteiger partial charge in [-0.25, -0.2) is 0 Å². The third-order valence-corrected chi connectivity index (χ3v) is 9.69. The monoisotopic (exact) mass is 585 g/mol. The molecule has 0 saturated carbocycles. The number of rotatable bonds is 12. The maximum absolute atomic E-state index is 14.8. The first-order valence-corrected chi connectivity index (χ1v) is 15.0. The molecule has 8 nitrogen and oxygen atoms in total. The Balaban J connectivity index is 1.89. The molecule has 3 aliphatic rings. The third kappa shape index (κ3) is 4.92. The molecule has 1 spiro atoms. The number of carbonyl (C=O) groups excluding carboxylic acids is 3. The molecule has 1 N–H and O–H groups in total. The second kappa shape index (κ2) is 11.9. The Bertz CT molecular complexity index is 1190. The standard InChI is InChI=1S/C32H44ClN3O5/c1-8-15-34(16-9-2)28(38)25-26-29(39)36(24(19-37)20(4)5)27(32(26)18-21(6)31(25,7)41-32)30(40)35(17-10-3)23-13-11-22(33)12-14-23/h8,10-14,20-21,24-27,37H,1,3,9,15-19H2,2,4-7H3/t21?,24-,25+,26-,27?,31-,32?/m0/s1. The van der Waals surface area contributed by atoms with Crippen LogP contribution in [-0.2, 0) is 19.1 Å². The number of aliphatic hydroxyl groups is 1. The number of halogens is 1. The van der Waals surface area contributed by atoms with E-state index in [2.05, 4.69) is 13.2 Å². The zero-order chi connectivity index (χ0) is 30.3. The summed E-state index contributed by atoms with van der Waals surface area (Å²) < 4.78 is 6.90. The number of likely N-dealkylation sites (tertiary alicyclic amines) is 1. The number of amides is 3. The summed E-state index contributed by atoms with van der Waals surface area (Å²) in [5.74, 6) is -2.64. The van der Waals surface area contributed by atoms with Crippen molar-refractivity contribution < 1.29 is 24.2 Å². The number of anilines is 1. The average molecular weight is 586 g/mol. The highest BCUT2D eigenvalue weighted by Gasteiger charge is 2.80. The Morgan fingerprint density at radius 1 is 1.20 bits per heavy atom. The van der Waals surface area contributed by atoms with Gasteiger partial charge in [-0.1, -0.05) is 51.4 Å². The normalized spacial score (nSPS) is 30.8. The zero-order valence-corrected chi connectivity index (χ0v) is 25.6. The minimum absolute atomic E-state index is 0.0852. The quantitative estimate of drug-likeness (QED) is 0.369. The van der Waals surface area contributed by atoms with Crippen molar-refractivity contribution in [2.45, 2.75) is 70.7 Å². The van der Waals surface area contributed by atoms with Gasteiger partial charge in [-0.15, -0.1) is 13.2 Å². The van der Waals surface area contributed by atoms with Gasteiger partial charge in [-0.2, -0.15) is 0 Å². The summed E-state index contributed by atoms with van der Waals surface area (Å²) in [6.45, 7) is 18.2. The lowest BCUT2D eigenvalue weighted by Gasteiger charge is -2.40. The fourth-order valence-electron chi connectivity index (χ4n) is 7.44. The van der Waals surface area contributed by atoms with Crippen LogP contribution >= 0.6 is 11.6 Å². The summed E-state index contributed by atoms with van der Waals surface area (Å²) in [6, 6.07) is 5.27. The minimum Gasteiger partial charge on any atom is -0.394 e. The molecule has 4 rings (SSSR count). The van der Waals surface area contributed by atoms with E-state index < -0.39 is 35.1 Å². The summed E-state index contributed by atoms with van der Waals surface area (Å²) in [5, 5.41) is 11.1. The number of ether oxygens (including phenoxy) is 1. The first-order valence-electron chi connectivity index (χ1n) is 14.6. The lowest BCUT2D eigenvalue weighted by atomic mass is 9.62. The Hall–Kier alpha value is -2.68. The van der Waals surface area contributed by atoms with Crippen LogP contribution in [0.1, 0.15) is 47.5 Å². The van der Waals surface area contributed by atoms with Crippen LogP contribution in [0.2, 0.25) is 5.02 Å². The van der Waals surface area contributed by atoms with Crippen LogP contribution in [0, 0.1) is 23.7 Å². The molecule has 3 heterocycles. The molecule has 9 heteroatoms. The molecule has 224 valence electrons. The summed E-state index contributed by atoms with van der Waals surface area (Å²) in [4.78, 5) is 48.5. The number of aliphatic hydroxyl groups excluding tert-OH is 1. The molecule has 3 amide bonds. The number of hydrogen-bond acceptors (Lipinski definition) is 5. The molecular weight excluding hydrogens is 542 g/mol. The van der Waals surface area contributed by atoms with Crippen molar-refractivity contribution in [2.75, 3.05) is 31.1 Å². The second-order valence-electron chi connectivity index (χ2n) is 12.2. The van der Waals surface area contributed by atoms with E-state index in [-0.39, 0.29) is 42.7 Å². The molecule has 1 aromatic rings. The van der Waals surface area contributed by atoms with E-state index in [1.807, 2.05) is 34.6 Å². The van der Waals surface area contributed by atoms with E-state index in [0.717, 1.165) is 6.42 Å². The van der Waals surface area contributed by atoms with Gasteiger partial charge in [-0.3, -0.25) is 14.4 Å². The molecule has 41 heavy (non-hydrogen) atoms. The maximum Gasteiger partial charge on any atom is 0.253 e. The van der Waals surface area contributed by atoms with Crippen LogP contribution in [0.25, 0.3) is 0 Å². The minimum atomic E-state index is -1.22. The van der Waals surface area contributed by atoms with Gasteiger partial charge in [0, 0.05) is 30.3 Å². The van der Waals surface area contributed by atoms with Crippen molar-refractivity contribution in [1.82, 2.24) is 9.80 Å². The number of nitrogens with zero attached hydrogens (tertiary/aromatic N) is 3. The lowest BCUT2D eigenvalue weighted by Crippen LogP contribution is -2.60. The third-order valence-electron chi connectivity index (χ3n) is 9.44. The SMILES string of the molecule is C=CCN(CCC)C(=O)[C@H]1[C@H]2C(=O)N([C@@H](CO)C(C)C)C(C(=O)N(CC=C)c3ccc(Cl)cc3)C23CC(C)[C@]1(C)O3. The fourth-order valence-corrected chi connectivity index (χ4v) is 7.57. The molecule has 3 fully saturated rings. The van der Waals surface area contributed by atoms with E-state index in [0.29, 0.717) is 30.2 Å². The van der Waals surface area contributed by atoms with Gasteiger partial charge in [0.2, 0.25) is 11.8 Å². The molecular formula is C32H44ClN3O5. The Kier molecular flexibility index (Phi) is 9.07. The van der Waals surface area contributed by atoms with Crippen molar-refractivity contribution in [3.8, 4) is 0 Å². The molecule has 0 aromatic heterocycles. The molecule has 3 aliphatic heterocycles. The summed E-state index contributed by atoms with van der Waals surface area (Å²) in [7, 11) is 0. The predicted molar refractivity (Wildman–Crippen MR) is 160 cm³/mol. The molecule has 2 bridgehead atoms. The highest BCUT2D eigenvalue weighted by molar-refractivity contribution is 6.30. The van der Waals surface area contributed by atoms with Crippen molar-refractivity contribution in [1.29, 1.82) is 0 Å². The van der Waals surface area contributed by atoms with E-state index in [4.69, 9.17) is 16.3 Å². The highest BCUT2D eigenvalue weighted by Crippen LogP contribution is 2.66. The van der Waals surface area contributed by atoms with Gasteiger partial charge >= 0.3 is 0 Å². The number of carbonyl (C=O) groups is 3. The highest BCUT2D eigenvalue weighted by atomic mass is 35.5. The van der Waals surface area contributed by atoms with Gasteiger partial charge in [0.25, 0.3) is 5.91 Å². The van der Waals surface area contributed by atoms with Gasteiger partial charge in [-0.05, 0) is 55.9 Å². The molecule has 1 aromatic carbocycles. The second-order valence-corrected chi connectivity index (χ2v) is 12.7. The van der Waals surface area contributed by atoms with E-state index in [1.165, 1.54) is 0 Å². The van der Waals surface area contributed by atoms with Crippen molar-refractivity contribution in [2.24, 2.45) is 23.7 Å². The smallest absolute Gasteiger partial charge is 0.253 e. The topological polar surface area (TPSA) is 90.4 Å². The summed E-state index contributed by atoms with van der Waals surface area (Å²) in [5.41, 5.74) is -1.54. The summed E-state index contributed by atoms with van der Waals surface area (Å²) >= 11 is 6.14. The Morgan fingerprint density at radius 3 is 2.37 bits per heavy atom. The summed E-state index contributed by atoms with van der Waals surface area (Å²) in [6.07, 6.45) is 4.53. The number of fused-ring (bicyclic) bond motifs is 1. The van der Waals surface area contributed by atoms with E-state index in [9.17, 15) is 19.5 Å². The predicted octanol–water partition coefficient (Wildman–Crippen LogP) is 4.31. The Labute approximate surface area is 248 Å². The molecule has 0 aliphatic carbocycles. The first-order chi connectivity index (χ1) is 19.4. The molecule has 7 atom stereocenters. The lowest BCUT2D eigenvalue weighted by molar-refractivity contribution is -0.154. The van der Waals surface area contributed by atoms with Crippen LogP contribution in [-0.4, -0.2) is 82.2 Å². The van der Waals surface area contributed by atoms with E-state index >= 15 is 0 Å². The zero-order valence-electron chi connectivity index (χ0n) is 24.9. The number of hydrogen-bond donors (Lipinski definition) is 1. The van der Waals surface area contributed by atoms with Gasteiger partial charge < -0.3 is 24.5 Å². The van der Waals surface area contributed by atoms with Gasteiger partial charge in [0.15, 0.2) is 0 Å². The van der Waals surface area contributed by atoms with E-state index in [1.54, 1.807) is 51.1 Å². The average Bonchev–Trinajstić information content (AvgIpc) is 3.44. The fraction of sp³-hybridized carbons (Fsp3) is 0.594. The molecule has 3 unspecified atom stereocenters. The maximum atomic E-state index is 14.8. The van der Waals surface area contributed by atoms with Crippen LogP contribution in [0.5, 0.6) is 0 Å². The van der Waals surface area contributed by atoms with Crippen LogP contribution in [0.4, 0.5) is 5.69 Å². The molecule has 3 saturated heterocycles. The number of benzene rings is 1. The van der Waals surface area contributed by atoms with Crippen LogP contribution in [0.15, 0.2) is 49.6 Å². The van der Waals surface area contributed by atoms with Crippen LogP contribution in [0.3, 0.4) is 0 Å². The van der Waals surface area contributed by atoms with Crippen molar-refractivity contribution in [3.63, 3.8) is 0 Å². The molecule has 0 radical (unpaired) electrons.